The van der Waals surface area contributed by atoms with Gasteiger partial charge in [-0.15, -0.1) is 0 Å². The third kappa shape index (κ3) is 3.96. The maximum Gasteiger partial charge on any atom is 0.272 e. The fourth-order valence-electron chi connectivity index (χ4n) is 2.15. The van der Waals surface area contributed by atoms with Crippen LogP contribution in [0.2, 0.25) is 0 Å². The number of piperidine rings is 1. The number of nitrogens with two attached hydrogens (primary N) is 1. The first-order valence-corrected chi connectivity index (χ1v) is 6.73. The summed E-state index contributed by atoms with van der Waals surface area (Å²) in [5, 5.41) is 1.90. The van der Waals surface area contributed by atoms with E-state index in [-0.39, 0.29) is 18.1 Å². The fraction of sp³-hybridized carbons (Fsp3) is 0.429. The number of hydrogen-bond donors (Lipinski definition) is 2. The lowest BCUT2D eigenvalue weighted by atomic mass is 10.2. The van der Waals surface area contributed by atoms with Crippen molar-refractivity contribution in [2.24, 2.45) is 5.73 Å². The van der Waals surface area contributed by atoms with E-state index in [0.29, 0.717) is 5.75 Å². The second-order valence-electron chi connectivity index (χ2n) is 4.73. The lowest BCUT2D eigenvalue weighted by molar-refractivity contribution is -0.128. The molecule has 0 aliphatic carbocycles. The van der Waals surface area contributed by atoms with Gasteiger partial charge in [0, 0.05) is 13.1 Å². The second kappa shape index (κ2) is 6.91. The smallest absolute Gasteiger partial charge is 0.272 e. The first-order chi connectivity index (χ1) is 9.66. The molecule has 3 N–H and O–H groups in total. The number of carbonyl (C=O) groups is 2. The van der Waals surface area contributed by atoms with E-state index in [4.69, 9.17) is 10.5 Å². The van der Waals surface area contributed by atoms with Crippen LogP contribution in [0.1, 0.15) is 29.6 Å². The number of nitrogens with one attached hydrogen (secondary N) is 1. The van der Waals surface area contributed by atoms with Gasteiger partial charge in [-0.3, -0.25) is 15.0 Å². The highest BCUT2D eigenvalue weighted by molar-refractivity contribution is 5.95. The van der Waals surface area contributed by atoms with E-state index in [1.54, 1.807) is 24.3 Å². The van der Waals surface area contributed by atoms with E-state index in [2.05, 4.69) is 5.43 Å². The van der Waals surface area contributed by atoms with Gasteiger partial charge in [-0.2, -0.15) is 0 Å². The van der Waals surface area contributed by atoms with Crippen LogP contribution in [-0.4, -0.2) is 36.5 Å². The predicted octanol–water partition coefficient (Wildman–Crippen LogP) is 0.681. The number of para-hydroxylation sites is 1. The zero-order valence-electron chi connectivity index (χ0n) is 11.3. The van der Waals surface area contributed by atoms with Gasteiger partial charge in [-0.1, -0.05) is 18.6 Å². The number of amides is 2. The number of rotatable bonds is 5. The molecule has 0 unspecified atom stereocenters. The highest BCUT2D eigenvalue weighted by Crippen LogP contribution is 2.16. The number of hydrogen-bond acceptors (Lipinski definition) is 4. The van der Waals surface area contributed by atoms with Gasteiger partial charge in [0.15, 0.2) is 6.61 Å². The summed E-state index contributed by atoms with van der Waals surface area (Å²) >= 11 is 0. The molecule has 1 aromatic carbocycles. The third-order valence-electron chi connectivity index (χ3n) is 3.15. The molecule has 0 aromatic heterocycles. The second-order valence-corrected chi connectivity index (χ2v) is 4.73. The SMILES string of the molecule is NC(=O)c1ccccc1OCC(=O)NN1CCCCC1. The van der Waals surface area contributed by atoms with Crippen LogP contribution >= 0.6 is 0 Å². The normalized spacial score (nSPS) is 15.6. The first kappa shape index (κ1) is 14.3. The number of hydrazine groups is 1. The largest absolute Gasteiger partial charge is 0.483 e. The van der Waals surface area contributed by atoms with Crippen molar-refractivity contribution in [1.82, 2.24) is 10.4 Å². The van der Waals surface area contributed by atoms with Gasteiger partial charge in [-0.25, -0.2) is 5.01 Å². The lowest BCUT2D eigenvalue weighted by Crippen LogP contribution is -2.46. The van der Waals surface area contributed by atoms with E-state index in [1.165, 1.54) is 6.42 Å². The first-order valence-electron chi connectivity index (χ1n) is 6.73. The summed E-state index contributed by atoms with van der Waals surface area (Å²) in [5.74, 6) is -0.475. The van der Waals surface area contributed by atoms with Gasteiger partial charge in [-0.05, 0) is 25.0 Å². The van der Waals surface area contributed by atoms with Crippen molar-refractivity contribution < 1.29 is 14.3 Å². The topological polar surface area (TPSA) is 84.7 Å². The Morgan fingerprint density at radius 1 is 1.20 bits per heavy atom. The minimum absolute atomic E-state index is 0.138. The van der Waals surface area contributed by atoms with Crippen molar-refractivity contribution in [3.63, 3.8) is 0 Å². The molecule has 0 bridgehead atoms. The van der Waals surface area contributed by atoms with Crippen LogP contribution in [0, 0.1) is 0 Å². The van der Waals surface area contributed by atoms with Crippen LogP contribution < -0.4 is 15.9 Å². The molecule has 1 aliphatic heterocycles. The summed E-state index contributed by atoms with van der Waals surface area (Å²) in [7, 11) is 0. The highest BCUT2D eigenvalue weighted by Gasteiger charge is 2.14. The fourth-order valence-corrected chi connectivity index (χ4v) is 2.15. The number of primary amides is 1. The summed E-state index contributed by atoms with van der Waals surface area (Å²) in [6, 6.07) is 6.61. The molecule has 1 heterocycles. The Labute approximate surface area is 117 Å². The molecule has 0 spiro atoms. The number of nitrogens with zero attached hydrogens (tertiary/aromatic N) is 1. The predicted molar refractivity (Wildman–Crippen MR) is 74.0 cm³/mol. The van der Waals surface area contributed by atoms with Gasteiger partial charge in [0.2, 0.25) is 0 Å². The van der Waals surface area contributed by atoms with E-state index < -0.39 is 5.91 Å². The Bertz CT molecular complexity index is 484. The van der Waals surface area contributed by atoms with Gasteiger partial charge in [0.05, 0.1) is 5.56 Å². The molecule has 20 heavy (non-hydrogen) atoms. The molecule has 2 amide bonds. The van der Waals surface area contributed by atoms with Crippen LogP contribution in [0.25, 0.3) is 0 Å². The van der Waals surface area contributed by atoms with Crippen LogP contribution in [0.15, 0.2) is 24.3 Å². The quantitative estimate of drug-likeness (QED) is 0.829. The monoisotopic (exact) mass is 277 g/mol. The van der Waals surface area contributed by atoms with Crippen molar-refractivity contribution in [1.29, 1.82) is 0 Å². The number of carbonyl (C=O) groups excluding carboxylic acids is 2. The maximum atomic E-state index is 11.8. The lowest BCUT2D eigenvalue weighted by Gasteiger charge is -2.26. The summed E-state index contributed by atoms with van der Waals surface area (Å²) < 4.78 is 5.36. The third-order valence-corrected chi connectivity index (χ3v) is 3.15. The molecule has 6 nitrogen and oxygen atoms in total. The summed E-state index contributed by atoms with van der Waals surface area (Å²) in [6.07, 6.45) is 3.38. The van der Waals surface area contributed by atoms with Crippen molar-refractivity contribution in [2.45, 2.75) is 19.3 Å². The van der Waals surface area contributed by atoms with Crippen molar-refractivity contribution >= 4 is 11.8 Å². The summed E-state index contributed by atoms with van der Waals surface area (Å²) in [5.41, 5.74) is 8.31. The van der Waals surface area contributed by atoms with E-state index in [1.807, 2.05) is 5.01 Å². The average Bonchev–Trinajstić information content (AvgIpc) is 2.46. The van der Waals surface area contributed by atoms with E-state index >= 15 is 0 Å². The van der Waals surface area contributed by atoms with Crippen molar-refractivity contribution in [3.8, 4) is 5.75 Å². The number of benzene rings is 1. The molecular weight excluding hydrogens is 258 g/mol. The van der Waals surface area contributed by atoms with Crippen LogP contribution in [0.5, 0.6) is 5.75 Å². The van der Waals surface area contributed by atoms with Gasteiger partial charge in [0.1, 0.15) is 5.75 Å². The molecule has 1 fully saturated rings. The van der Waals surface area contributed by atoms with Crippen LogP contribution in [0.4, 0.5) is 0 Å². The minimum atomic E-state index is -0.572. The van der Waals surface area contributed by atoms with Crippen LogP contribution in [0.3, 0.4) is 0 Å². The molecule has 1 saturated heterocycles. The van der Waals surface area contributed by atoms with Gasteiger partial charge in [0.25, 0.3) is 11.8 Å². The molecule has 1 aliphatic rings. The Hall–Kier alpha value is -2.08. The van der Waals surface area contributed by atoms with Gasteiger partial charge < -0.3 is 10.5 Å². The van der Waals surface area contributed by atoms with Crippen molar-refractivity contribution in [3.05, 3.63) is 29.8 Å². The molecule has 108 valence electrons. The van der Waals surface area contributed by atoms with E-state index in [0.717, 1.165) is 25.9 Å². The van der Waals surface area contributed by atoms with E-state index in [9.17, 15) is 9.59 Å². The maximum absolute atomic E-state index is 11.8. The average molecular weight is 277 g/mol. The molecule has 0 radical (unpaired) electrons. The molecular formula is C14H19N3O3. The molecule has 1 aromatic rings. The Morgan fingerprint density at radius 2 is 1.90 bits per heavy atom. The van der Waals surface area contributed by atoms with Crippen molar-refractivity contribution in [2.75, 3.05) is 19.7 Å². The minimum Gasteiger partial charge on any atom is -0.483 e. The Morgan fingerprint density at radius 3 is 2.60 bits per heavy atom. The van der Waals surface area contributed by atoms with Gasteiger partial charge >= 0.3 is 0 Å². The zero-order chi connectivity index (χ0) is 14.4. The standard InChI is InChI=1S/C14H19N3O3/c15-14(19)11-6-2-3-7-12(11)20-10-13(18)16-17-8-4-1-5-9-17/h2-3,6-7H,1,4-5,8-10H2,(H2,15,19)(H,16,18). The number of ether oxygens (including phenoxy) is 1. The summed E-state index contributed by atoms with van der Waals surface area (Å²) in [4.78, 5) is 23.0. The highest BCUT2D eigenvalue weighted by atomic mass is 16.5. The molecule has 2 rings (SSSR count). The molecule has 0 atom stereocenters. The summed E-state index contributed by atoms with van der Waals surface area (Å²) in [6.45, 7) is 1.59. The Kier molecular flexibility index (Phi) is 4.95. The Balaban J connectivity index is 1.85. The molecule has 6 heteroatoms. The zero-order valence-corrected chi connectivity index (χ0v) is 11.3. The van der Waals surface area contributed by atoms with Crippen LogP contribution in [-0.2, 0) is 4.79 Å². The molecule has 0 saturated carbocycles.